The Kier molecular flexibility index (Phi) is 6.01. The second-order valence-corrected chi connectivity index (χ2v) is 4.26. The van der Waals surface area contributed by atoms with Crippen molar-refractivity contribution >= 4 is 40.8 Å². The fourth-order valence-corrected chi connectivity index (χ4v) is 0.614. The van der Waals surface area contributed by atoms with Gasteiger partial charge in [-0.25, -0.2) is 4.79 Å². The Morgan fingerprint density at radius 2 is 1.92 bits per heavy atom. The Bertz CT molecular complexity index is 143. The van der Waals surface area contributed by atoms with E-state index in [0.717, 1.165) is 0 Å². The van der Waals surface area contributed by atoms with Crippen LogP contribution >= 0.6 is 34.8 Å². The molecule has 0 bridgehead atoms. The minimum Gasteiger partial charge on any atom is -0.462 e. The van der Waals surface area contributed by atoms with Gasteiger partial charge in [0.25, 0.3) is 3.79 Å². The summed E-state index contributed by atoms with van der Waals surface area (Å²) < 4.78 is 7.33. The van der Waals surface area contributed by atoms with Gasteiger partial charge in [-0.1, -0.05) is 34.8 Å². The first-order chi connectivity index (χ1) is 5.48. The fraction of sp³-hybridized carbons (Fsp3) is 0.833. The number of hydrogen-bond donors (Lipinski definition) is 0. The maximum Gasteiger partial charge on any atom is 0.358 e. The van der Waals surface area contributed by atoms with Crippen LogP contribution in [0.25, 0.3) is 0 Å². The molecule has 0 radical (unpaired) electrons. The SMILES string of the molecule is COCCCOC(=O)C(Cl)(Cl)Cl. The van der Waals surface area contributed by atoms with Crippen LogP contribution in [0.1, 0.15) is 6.42 Å². The monoisotopic (exact) mass is 234 g/mol. The molecule has 0 unspecified atom stereocenters. The van der Waals surface area contributed by atoms with E-state index in [-0.39, 0.29) is 6.61 Å². The maximum atomic E-state index is 10.8. The van der Waals surface area contributed by atoms with Gasteiger partial charge in [0.2, 0.25) is 0 Å². The van der Waals surface area contributed by atoms with Gasteiger partial charge in [0.15, 0.2) is 0 Å². The van der Waals surface area contributed by atoms with Gasteiger partial charge in [0.05, 0.1) is 6.61 Å². The molecule has 72 valence electrons. The lowest BCUT2D eigenvalue weighted by Gasteiger charge is -2.09. The van der Waals surface area contributed by atoms with Gasteiger partial charge < -0.3 is 9.47 Å². The Morgan fingerprint density at radius 3 is 2.33 bits per heavy atom. The van der Waals surface area contributed by atoms with Crippen LogP contribution in [-0.4, -0.2) is 30.1 Å². The number of hydrogen-bond acceptors (Lipinski definition) is 3. The molecule has 0 aliphatic heterocycles. The molecule has 0 aromatic heterocycles. The summed E-state index contributed by atoms with van der Waals surface area (Å²) in [6.07, 6.45) is 0.586. The molecule has 6 heteroatoms. The lowest BCUT2D eigenvalue weighted by molar-refractivity contribution is -0.142. The van der Waals surface area contributed by atoms with E-state index in [1.54, 1.807) is 7.11 Å². The van der Waals surface area contributed by atoms with Crippen molar-refractivity contribution in [3.8, 4) is 0 Å². The number of esters is 1. The Labute approximate surface area is 85.9 Å². The zero-order valence-electron chi connectivity index (χ0n) is 6.48. The smallest absolute Gasteiger partial charge is 0.358 e. The van der Waals surface area contributed by atoms with E-state index in [1.165, 1.54) is 0 Å². The Hall–Kier alpha value is 0.300. The largest absolute Gasteiger partial charge is 0.462 e. The minimum atomic E-state index is -1.98. The summed E-state index contributed by atoms with van der Waals surface area (Å²) in [6.45, 7) is 0.702. The third-order valence-corrected chi connectivity index (χ3v) is 1.42. The molecule has 0 aliphatic rings. The Morgan fingerprint density at radius 1 is 1.33 bits per heavy atom. The van der Waals surface area contributed by atoms with Crippen LogP contribution in [0.15, 0.2) is 0 Å². The third kappa shape index (κ3) is 5.89. The molecule has 0 amide bonds. The third-order valence-electron chi connectivity index (χ3n) is 0.957. The first-order valence-corrected chi connectivity index (χ1v) is 4.34. The molecule has 0 N–H and O–H groups in total. The number of halogens is 3. The van der Waals surface area contributed by atoms with Crippen molar-refractivity contribution in [2.24, 2.45) is 0 Å². The Balaban J connectivity index is 3.45. The summed E-state index contributed by atoms with van der Waals surface area (Å²) in [5.74, 6) is -0.858. The lowest BCUT2D eigenvalue weighted by Crippen LogP contribution is -2.22. The second-order valence-electron chi connectivity index (χ2n) is 1.98. The molecule has 3 nitrogen and oxygen atoms in total. The number of alkyl halides is 3. The van der Waals surface area contributed by atoms with Gasteiger partial charge >= 0.3 is 5.97 Å². The highest BCUT2D eigenvalue weighted by molar-refractivity contribution is 6.75. The number of methoxy groups -OCH3 is 1. The van der Waals surface area contributed by atoms with Gasteiger partial charge in [-0.3, -0.25) is 0 Å². The lowest BCUT2D eigenvalue weighted by atomic mass is 10.5. The van der Waals surface area contributed by atoms with Gasteiger partial charge in [0, 0.05) is 20.1 Å². The molecule has 0 aromatic rings. The first-order valence-electron chi connectivity index (χ1n) is 3.21. The van der Waals surface area contributed by atoms with Crippen LogP contribution in [-0.2, 0) is 14.3 Å². The van der Waals surface area contributed by atoms with Crippen LogP contribution in [0, 0.1) is 0 Å². The summed E-state index contributed by atoms with van der Waals surface area (Å²) in [5, 5.41) is 0. The molecular weight excluding hydrogens is 226 g/mol. The predicted octanol–water partition coefficient (Wildman–Crippen LogP) is 1.94. The summed E-state index contributed by atoms with van der Waals surface area (Å²) in [6, 6.07) is 0. The highest BCUT2D eigenvalue weighted by atomic mass is 35.6. The minimum absolute atomic E-state index is 0.195. The van der Waals surface area contributed by atoms with E-state index < -0.39 is 9.76 Å². The summed E-state index contributed by atoms with van der Waals surface area (Å²) >= 11 is 15.7. The highest BCUT2D eigenvalue weighted by Gasteiger charge is 2.32. The molecule has 0 spiro atoms. The van der Waals surface area contributed by atoms with Crippen molar-refractivity contribution in [2.75, 3.05) is 20.3 Å². The van der Waals surface area contributed by atoms with Crippen LogP contribution in [0.5, 0.6) is 0 Å². The molecule has 0 saturated carbocycles. The van der Waals surface area contributed by atoms with Crippen molar-refractivity contribution in [3.05, 3.63) is 0 Å². The molecule has 0 saturated heterocycles. The zero-order chi connectivity index (χ0) is 9.61. The maximum absolute atomic E-state index is 10.8. The van der Waals surface area contributed by atoms with Crippen LogP contribution in [0.2, 0.25) is 0 Å². The molecular formula is C6H9Cl3O3. The zero-order valence-corrected chi connectivity index (χ0v) is 8.75. The van der Waals surface area contributed by atoms with Gasteiger partial charge in [-0.05, 0) is 0 Å². The molecule has 0 fully saturated rings. The van der Waals surface area contributed by atoms with E-state index >= 15 is 0 Å². The van der Waals surface area contributed by atoms with E-state index in [9.17, 15) is 4.79 Å². The molecule has 0 heterocycles. The van der Waals surface area contributed by atoms with Crippen LogP contribution < -0.4 is 0 Å². The van der Waals surface area contributed by atoms with Crippen LogP contribution in [0.3, 0.4) is 0 Å². The van der Waals surface area contributed by atoms with Crippen molar-refractivity contribution in [2.45, 2.75) is 10.2 Å². The molecule has 12 heavy (non-hydrogen) atoms. The van der Waals surface area contributed by atoms with E-state index in [4.69, 9.17) is 39.5 Å². The van der Waals surface area contributed by atoms with E-state index in [2.05, 4.69) is 4.74 Å². The summed E-state index contributed by atoms with van der Waals surface area (Å²) in [7, 11) is 1.55. The molecule has 0 atom stereocenters. The van der Waals surface area contributed by atoms with E-state index in [0.29, 0.717) is 13.0 Å². The second kappa shape index (κ2) is 5.86. The van der Waals surface area contributed by atoms with Crippen molar-refractivity contribution in [3.63, 3.8) is 0 Å². The summed E-state index contributed by atoms with van der Waals surface area (Å²) in [5.41, 5.74) is 0. The van der Waals surface area contributed by atoms with E-state index in [1.807, 2.05) is 0 Å². The number of carbonyl (C=O) groups excluding carboxylic acids is 1. The molecule has 0 aromatic carbocycles. The van der Waals surface area contributed by atoms with Crippen LogP contribution in [0.4, 0.5) is 0 Å². The normalized spacial score (nSPS) is 11.3. The number of carbonyl (C=O) groups is 1. The average Bonchev–Trinajstić information content (AvgIpc) is 1.96. The standard InChI is InChI=1S/C6H9Cl3O3/c1-11-3-2-4-12-5(10)6(7,8)9/h2-4H2,1H3. The number of ether oxygens (including phenoxy) is 2. The van der Waals surface area contributed by atoms with Crippen molar-refractivity contribution in [1.82, 2.24) is 0 Å². The first kappa shape index (κ1) is 12.3. The van der Waals surface area contributed by atoms with Crippen molar-refractivity contribution in [1.29, 1.82) is 0 Å². The van der Waals surface area contributed by atoms with Gasteiger partial charge in [-0.2, -0.15) is 0 Å². The predicted molar refractivity (Wildman–Crippen MR) is 47.7 cm³/mol. The quantitative estimate of drug-likeness (QED) is 0.424. The molecule has 0 rings (SSSR count). The van der Waals surface area contributed by atoms with Gasteiger partial charge in [0.1, 0.15) is 0 Å². The topological polar surface area (TPSA) is 35.5 Å². The average molecular weight is 235 g/mol. The molecule has 0 aliphatic carbocycles. The highest BCUT2D eigenvalue weighted by Crippen LogP contribution is 2.27. The fourth-order valence-electron chi connectivity index (χ4n) is 0.450. The van der Waals surface area contributed by atoms with Crippen molar-refractivity contribution < 1.29 is 14.3 Å². The van der Waals surface area contributed by atoms with Gasteiger partial charge in [-0.15, -0.1) is 0 Å². The number of rotatable bonds is 4. The summed E-state index contributed by atoms with van der Waals surface area (Å²) in [4.78, 5) is 10.8.